The third kappa shape index (κ3) is 2.41. The Balaban J connectivity index is 1.76. The molecule has 2 nitrogen and oxygen atoms in total. The molecule has 0 spiro atoms. The molecule has 3 aromatic rings. The lowest BCUT2D eigenvalue weighted by Crippen LogP contribution is -2.31. The highest BCUT2D eigenvalue weighted by molar-refractivity contribution is 9.10. The maximum absolute atomic E-state index is 3.66. The van der Waals surface area contributed by atoms with Gasteiger partial charge in [0, 0.05) is 21.1 Å². The highest BCUT2D eigenvalue weighted by Crippen LogP contribution is 2.33. The van der Waals surface area contributed by atoms with E-state index in [9.17, 15) is 0 Å². The molecule has 21 heavy (non-hydrogen) atoms. The molecular weight excluding hydrogens is 324 g/mol. The first-order chi connectivity index (χ1) is 10.3. The van der Waals surface area contributed by atoms with Crippen molar-refractivity contribution in [3.8, 4) is 0 Å². The Morgan fingerprint density at radius 2 is 1.95 bits per heavy atom. The standard InChI is InChI=1S/C18H17BrN2/c19-13-6-7-16-15(11-13)14-8-9-20-17(18(14)21-16)10-12-4-2-1-3-5-12/h1-7,11,17,20-21H,8-10H2. The van der Waals surface area contributed by atoms with Gasteiger partial charge in [0.15, 0.2) is 0 Å². The van der Waals surface area contributed by atoms with E-state index in [1.54, 1.807) is 0 Å². The van der Waals surface area contributed by atoms with Gasteiger partial charge in [-0.15, -0.1) is 0 Å². The van der Waals surface area contributed by atoms with Crippen LogP contribution in [0.15, 0.2) is 53.0 Å². The predicted octanol–water partition coefficient (Wildman–Crippen LogP) is 4.36. The van der Waals surface area contributed by atoms with Crippen LogP contribution in [0.5, 0.6) is 0 Å². The minimum absolute atomic E-state index is 0.377. The molecule has 106 valence electrons. The Bertz CT molecular complexity index is 777. The van der Waals surface area contributed by atoms with Gasteiger partial charge in [0.2, 0.25) is 0 Å². The van der Waals surface area contributed by atoms with Gasteiger partial charge in [-0.2, -0.15) is 0 Å². The minimum atomic E-state index is 0.377. The molecule has 1 atom stereocenters. The molecule has 0 radical (unpaired) electrons. The van der Waals surface area contributed by atoms with Crippen LogP contribution in [0.1, 0.15) is 22.9 Å². The largest absolute Gasteiger partial charge is 0.357 e. The van der Waals surface area contributed by atoms with Crippen LogP contribution in [0.3, 0.4) is 0 Å². The number of rotatable bonds is 2. The van der Waals surface area contributed by atoms with Gasteiger partial charge in [0.1, 0.15) is 0 Å². The fourth-order valence-electron chi connectivity index (χ4n) is 3.31. The Hall–Kier alpha value is -1.58. The number of hydrogen-bond acceptors (Lipinski definition) is 1. The molecule has 2 aromatic carbocycles. The lowest BCUT2D eigenvalue weighted by Gasteiger charge is -2.24. The second-order valence-electron chi connectivity index (χ2n) is 5.65. The van der Waals surface area contributed by atoms with Crippen molar-refractivity contribution in [2.45, 2.75) is 18.9 Å². The molecule has 3 heteroatoms. The molecule has 0 fully saturated rings. The van der Waals surface area contributed by atoms with Crippen LogP contribution >= 0.6 is 15.9 Å². The van der Waals surface area contributed by atoms with Crippen molar-refractivity contribution in [1.29, 1.82) is 0 Å². The van der Waals surface area contributed by atoms with Crippen LogP contribution in [-0.4, -0.2) is 11.5 Å². The predicted molar refractivity (Wildman–Crippen MR) is 90.6 cm³/mol. The fraction of sp³-hybridized carbons (Fsp3) is 0.222. The minimum Gasteiger partial charge on any atom is -0.357 e. The van der Waals surface area contributed by atoms with Gasteiger partial charge in [-0.05, 0) is 48.7 Å². The van der Waals surface area contributed by atoms with E-state index >= 15 is 0 Å². The molecular formula is C18H17BrN2. The number of benzene rings is 2. The van der Waals surface area contributed by atoms with Gasteiger partial charge in [0.05, 0.1) is 6.04 Å². The summed E-state index contributed by atoms with van der Waals surface area (Å²) in [5.41, 5.74) is 5.46. The molecule has 1 aromatic heterocycles. The molecule has 0 aliphatic carbocycles. The first kappa shape index (κ1) is 13.1. The van der Waals surface area contributed by atoms with Crippen molar-refractivity contribution in [2.75, 3.05) is 6.54 Å². The summed E-state index contributed by atoms with van der Waals surface area (Å²) < 4.78 is 1.15. The van der Waals surface area contributed by atoms with E-state index in [0.717, 1.165) is 23.9 Å². The zero-order valence-electron chi connectivity index (χ0n) is 11.7. The maximum Gasteiger partial charge on any atom is 0.0517 e. The zero-order valence-corrected chi connectivity index (χ0v) is 13.3. The van der Waals surface area contributed by atoms with Crippen LogP contribution in [-0.2, 0) is 12.8 Å². The second-order valence-corrected chi connectivity index (χ2v) is 6.57. The molecule has 2 heterocycles. The van der Waals surface area contributed by atoms with Crippen LogP contribution in [0, 0.1) is 0 Å². The van der Waals surface area contributed by atoms with Gasteiger partial charge < -0.3 is 10.3 Å². The maximum atomic E-state index is 3.66. The first-order valence-corrected chi connectivity index (χ1v) is 8.18. The molecule has 2 N–H and O–H groups in total. The summed E-state index contributed by atoms with van der Waals surface area (Å²) in [4.78, 5) is 3.63. The van der Waals surface area contributed by atoms with E-state index in [1.807, 2.05) is 0 Å². The Morgan fingerprint density at radius 1 is 1.10 bits per heavy atom. The highest BCUT2D eigenvalue weighted by atomic mass is 79.9. The summed E-state index contributed by atoms with van der Waals surface area (Å²) in [6, 6.07) is 17.6. The molecule has 0 saturated heterocycles. The fourth-order valence-corrected chi connectivity index (χ4v) is 3.67. The SMILES string of the molecule is Brc1ccc2[nH]c3c(c2c1)CCNC3Cc1ccccc1. The Morgan fingerprint density at radius 3 is 2.81 bits per heavy atom. The van der Waals surface area contributed by atoms with Gasteiger partial charge in [-0.25, -0.2) is 0 Å². The summed E-state index contributed by atoms with van der Waals surface area (Å²) in [6.07, 6.45) is 2.12. The summed E-state index contributed by atoms with van der Waals surface area (Å²) in [5, 5.41) is 5.02. The number of nitrogens with one attached hydrogen (secondary N) is 2. The number of H-pyrrole nitrogens is 1. The molecule has 0 saturated carbocycles. The molecule has 4 rings (SSSR count). The normalized spacial score (nSPS) is 17.9. The topological polar surface area (TPSA) is 27.8 Å². The van der Waals surface area contributed by atoms with Crippen LogP contribution in [0.25, 0.3) is 10.9 Å². The van der Waals surface area contributed by atoms with Crippen LogP contribution < -0.4 is 5.32 Å². The van der Waals surface area contributed by atoms with Gasteiger partial charge in [-0.1, -0.05) is 46.3 Å². The quantitative estimate of drug-likeness (QED) is 0.712. The van der Waals surface area contributed by atoms with E-state index in [1.165, 1.54) is 27.7 Å². The lowest BCUT2D eigenvalue weighted by molar-refractivity contribution is 0.495. The average Bonchev–Trinajstić information content (AvgIpc) is 2.88. The number of fused-ring (bicyclic) bond motifs is 3. The first-order valence-electron chi connectivity index (χ1n) is 7.38. The summed E-state index contributed by atoms with van der Waals surface area (Å²) >= 11 is 3.58. The molecule has 1 aliphatic heterocycles. The van der Waals surface area contributed by atoms with Crippen molar-refractivity contribution in [1.82, 2.24) is 10.3 Å². The number of aromatic amines is 1. The molecule has 0 amide bonds. The summed E-state index contributed by atoms with van der Waals surface area (Å²) in [7, 11) is 0. The third-order valence-corrected chi connectivity index (χ3v) is 4.79. The Labute approximate surface area is 132 Å². The second kappa shape index (κ2) is 5.32. The smallest absolute Gasteiger partial charge is 0.0517 e. The van der Waals surface area contributed by atoms with Crippen molar-refractivity contribution in [3.63, 3.8) is 0 Å². The summed E-state index contributed by atoms with van der Waals surface area (Å²) in [6.45, 7) is 1.05. The van der Waals surface area contributed by atoms with Crippen molar-refractivity contribution in [2.24, 2.45) is 0 Å². The van der Waals surface area contributed by atoms with Crippen molar-refractivity contribution >= 4 is 26.8 Å². The summed E-state index contributed by atoms with van der Waals surface area (Å²) in [5.74, 6) is 0. The molecule has 1 unspecified atom stereocenters. The van der Waals surface area contributed by atoms with E-state index in [4.69, 9.17) is 0 Å². The average molecular weight is 341 g/mol. The van der Waals surface area contributed by atoms with Crippen molar-refractivity contribution < 1.29 is 0 Å². The van der Waals surface area contributed by atoms with Crippen LogP contribution in [0.4, 0.5) is 0 Å². The van der Waals surface area contributed by atoms with E-state index < -0.39 is 0 Å². The van der Waals surface area contributed by atoms with Gasteiger partial charge >= 0.3 is 0 Å². The van der Waals surface area contributed by atoms with Crippen molar-refractivity contribution in [3.05, 3.63) is 69.8 Å². The number of hydrogen-bond donors (Lipinski definition) is 2. The molecule has 1 aliphatic rings. The Kier molecular flexibility index (Phi) is 3.32. The monoisotopic (exact) mass is 340 g/mol. The zero-order chi connectivity index (χ0) is 14.2. The number of halogens is 1. The van der Waals surface area contributed by atoms with E-state index in [2.05, 4.69) is 74.8 Å². The highest BCUT2D eigenvalue weighted by Gasteiger charge is 2.23. The molecule has 0 bridgehead atoms. The van der Waals surface area contributed by atoms with Crippen LogP contribution in [0.2, 0.25) is 0 Å². The third-order valence-electron chi connectivity index (χ3n) is 4.30. The van der Waals surface area contributed by atoms with E-state index in [-0.39, 0.29) is 0 Å². The number of aromatic nitrogens is 1. The van der Waals surface area contributed by atoms with Gasteiger partial charge in [0.25, 0.3) is 0 Å². The van der Waals surface area contributed by atoms with E-state index in [0.29, 0.717) is 6.04 Å². The van der Waals surface area contributed by atoms with Gasteiger partial charge in [-0.3, -0.25) is 0 Å². The lowest BCUT2D eigenvalue weighted by atomic mass is 9.95.